The van der Waals surface area contributed by atoms with Crippen LogP contribution in [0.1, 0.15) is 75.2 Å². The molecule has 1 fully saturated rings. The predicted molar refractivity (Wildman–Crippen MR) is 90.7 cm³/mol. The summed E-state index contributed by atoms with van der Waals surface area (Å²) in [5, 5.41) is 0. The highest BCUT2D eigenvalue weighted by Crippen LogP contribution is 2.53. The fourth-order valence-corrected chi connectivity index (χ4v) is 4.36. The number of methoxy groups -OCH3 is 1. The minimum Gasteiger partial charge on any atom is -0.469 e. The van der Waals surface area contributed by atoms with Gasteiger partial charge in [-0.3, -0.25) is 4.79 Å². The molecule has 0 radical (unpaired) electrons. The van der Waals surface area contributed by atoms with Gasteiger partial charge in [0.1, 0.15) is 0 Å². The first-order valence-electron chi connectivity index (χ1n) is 8.36. The Hall–Kier alpha value is -0.570. The van der Waals surface area contributed by atoms with Crippen molar-refractivity contribution in [2.24, 2.45) is 21.7 Å². The lowest BCUT2D eigenvalue weighted by Crippen LogP contribution is -2.37. The van der Waals surface area contributed by atoms with Crippen molar-refractivity contribution in [3.05, 3.63) is 0 Å². The van der Waals surface area contributed by atoms with E-state index < -0.39 is 5.41 Å². The summed E-state index contributed by atoms with van der Waals surface area (Å²) >= 11 is 0. The van der Waals surface area contributed by atoms with Crippen molar-refractivity contribution < 1.29 is 14.3 Å². The molecule has 0 N–H and O–H groups in total. The summed E-state index contributed by atoms with van der Waals surface area (Å²) in [5.41, 5.74) is -0.0918. The fraction of sp³-hybridized carbons (Fsp3) is 0.947. The Morgan fingerprint density at radius 2 is 1.27 bits per heavy atom. The van der Waals surface area contributed by atoms with Crippen LogP contribution in [-0.2, 0) is 14.3 Å². The van der Waals surface area contributed by atoms with Crippen molar-refractivity contribution in [2.45, 2.75) is 87.4 Å². The second-order valence-corrected chi connectivity index (χ2v) is 10.2. The van der Waals surface area contributed by atoms with Crippen LogP contribution in [-0.4, -0.2) is 25.3 Å². The Bertz CT molecular complexity index is 413. The van der Waals surface area contributed by atoms with Crippen molar-refractivity contribution >= 4 is 5.97 Å². The Morgan fingerprint density at radius 3 is 1.64 bits per heavy atom. The number of hydrogen-bond donors (Lipinski definition) is 0. The zero-order chi connectivity index (χ0) is 17.6. The van der Waals surface area contributed by atoms with E-state index in [1.54, 1.807) is 0 Å². The summed E-state index contributed by atoms with van der Waals surface area (Å²) in [6, 6.07) is 0. The van der Waals surface area contributed by atoms with E-state index in [4.69, 9.17) is 9.47 Å². The maximum Gasteiger partial charge on any atom is 0.311 e. The van der Waals surface area contributed by atoms with Gasteiger partial charge in [-0.05, 0) is 42.9 Å². The molecular weight excluding hydrogens is 276 g/mol. The molecule has 3 heteroatoms. The van der Waals surface area contributed by atoms with E-state index in [9.17, 15) is 4.79 Å². The molecular formula is C19H36O3. The molecule has 130 valence electrons. The highest BCUT2D eigenvalue weighted by Gasteiger charge is 2.58. The Morgan fingerprint density at radius 1 is 0.864 bits per heavy atom. The van der Waals surface area contributed by atoms with Crippen LogP contribution >= 0.6 is 0 Å². The zero-order valence-electron chi connectivity index (χ0n) is 16.3. The lowest BCUT2D eigenvalue weighted by Gasteiger charge is -2.35. The maximum atomic E-state index is 12.0. The van der Waals surface area contributed by atoms with Gasteiger partial charge in [-0.2, -0.15) is 0 Å². The quantitative estimate of drug-likeness (QED) is 0.521. The van der Waals surface area contributed by atoms with Gasteiger partial charge in [0.15, 0.2) is 0 Å². The number of carbonyl (C=O) groups is 1. The third-order valence-electron chi connectivity index (χ3n) is 4.65. The molecule has 2 atom stereocenters. The SMILES string of the molecule is COC(=O)C(C)(C)CC(C)(C)C1OC1C(C)(C)CC(C)(C)C. The number of epoxide rings is 1. The smallest absolute Gasteiger partial charge is 0.311 e. The lowest BCUT2D eigenvalue weighted by atomic mass is 9.68. The van der Waals surface area contributed by atoms with Gasteiger partial charge in [0.25, 0.3) is 0 Å². The van der Waals surface area contributed by atoms with E-state index in [-0.39, 0.29) is 34.4 Å². The number of ether oxygens (including phenoxy) is 2. The Kier molecular flexibility index (Phi) is 5.15. The van der Waals surface area contributed by atoms with E-state index in [2.05, 4.69) is 48.5 Å². The summed E-state index contributed by atoms with van der Waals surface area (Å²) in [6.07, 6.45) is 2.38. The molecule has 0 saturated carbocycles. The van der Waals surface area contributed by atoms with Gasteiger partial charge >= 0.3 is 5.97 Å². The van der Waals surface area contributed by atoms with Crippen LogP contribution in [0, 0.1) is 21.7 Å². The van der Waals surface area contributed by atoms with Crippen molar-refractivity contribution in [1.29, 1.82) is 0 Å². The third-order valence-corrected chi connectivity index (χ3v) is 4.65. The average Bonchev–Trinajstić information content (AvgIpc) is 3.03. The first-order valence-corrected chi connectivity index (χ1v) is 8.36. The summed E-state index contributed by atoms with van der Waals surface area (Å²) in [7, 11) is 1.46. The summed E-state index contributed by atoms with van der Waals surface area (Å²) < 4.78 is 11.0. The third kappa shape index (κ3) is 4.71. The molecule has 0 spiro atoms. The second-order valence-electron chi connectivity index (χ2n) is 10.2. The molecule has 2 unspecified atom stereocenters. The minimum absolute atomic E-state index is 0.0441. The number of esters is 1. The Balaban J connectivity index is 2.76. The van der Waals surface area contributed by atoms with Gasteiger partial charge in [0.05, 0.1) is 24.7 Å². The minimum atomic E-state index is -0.483. The van der Waals surface area contributed by atoms with Gasteiger partial charge in [-0.15, -0.1) is 0 Å². The van der Waals surface area contributed by atoms with Gasteiger partial charge in [-0.25, -0.2) is 0 Å². The predicted octanol–water partition coefficient (Wildman–Crippen LogP) is 4.83. The van der Waals surface area contributed by atoms with Crippen LogP contribution in [0.2, 0.25) is 0 Å². The molecule has 1 aliphatic rings. The zero-order valence-corrected chi connectivity index (χ0v) is 16.3. The molecule has 1 rings (SSSR count). The number of hydrogen-bond acceptors (Lipinski definition) is 3. The number of carbonyl (C=O) groups excluding carboxylic acids is 1. The molecule has 0 aliphatic carbocycles. The van der Waals surface area contributed by atoms with Crippen molar-refractivity contribution in [2.75, 3.05) is 7.11 Å². The van der Waals surface area contributed by atoms with E-state index in [1.165, 1.54) is 7.11 Å². The standard InChI is InChI=1S/C19H36O3/c1-16(2,3)11-17(4,5)13-14(22-13)18(6,7)12-19(8,9)15(20)21-10/h13-14H,11-12H2,1-10H3. The second kappa shape index (κ2) is 5.81. The first kappa shape index (κ1) is 19.5. The lowest BCUT2D eigenvalue weighted by molar-refractivity contribution is -0.152. The summed E-state index contributed by atoms with van der Waals surface area (Å²) in [4.78, 5) is 12.0. The molecule has 0 aromatic rings. The topological polar surface area (TPSA) is 38.8 Å². The van der Waals surface area contributed by atoms with E-state index in [0.29, 0.717) is 0 Å². The summed E-state index contributed by atoms with van der Waals surface area (Å²) in [6.45, 7) is 19.7. The highest BCUT2D eigenvalue weighted by molar-refractivity contribution is 5.75. The molecule has 3 nitrogen and oxygen atoms in total. The molecule has 1 saturated heterocycles. The van der Waals surface area contributed by atoms with E-state index in [1.807, 2.05) is 13.8 Å². The van der Waals surface area contributed by atoms with E-state index >= 15 is 0 Å². The van der Waals surface area contributed by atoms with E-state index in [0.717, 1.165) is 12.8 Å². The largest absolute Gasteiger partial charge is 0.469 e. The normalized spacial score (nSPS) is 23.4. The maximum absolute atomic E-state index is 12.0. The molecule has 22 heavy (non-hydrogen) atoms. The van der Waals surface area contributed by atoms with Crippen molar-refractivity contribution in [1.82, 2.24) is 0 Å². The van der Waals surface area contributed by atoms with Crippen LogP contribution in [0.3, 0.4) is 0 Å². The molecule has 1 heterocycles. The first-order chi connectivity index (χ1) is 9.62. The summed E-state index contributed by atoms with van der Waals surface area (Å²) in [5.74, 6) is -0.147. The fourth-order valence-electron chi connectivity index (χ4n) is 4.36. The van der Waals surface area contributed by atoms with Gasteiger partial charge in [0, 0.05) is 0 Å². The van der Waals surface area contributed by atoms with Crippen LogP contribution in [0.15, 0.2) is 0 Å². The average molecular weight is 312 g/mol. The van der Waals surface area contributed by atoms with Crippen LogP contribution < -0.4 is 0 Å². The van der Waals surface area contributed by atoms with Crippen LogP contribution in [0.25, 0.3) is 0 Å². The monoisotopic (exact) mass is 312 g/mol. The Labute approximate surface area is 137 Å². The molecule has 0 aromatic heterocycles. The molecule has 0 amide bonds. The van der Waals surface area contributed by atoms with Gasteiger partial charge in [0.2, 0.25) is 0 Å². The van der Waals surface area contributed by atoms with Crippen molar-refractivity contribution in [3.63, 3.8) is 0 Å². The van der Waals surface area contributed by atoms with Gasteiger partial charge < -0.3 is 9.47 Å². The van der Waals surface area contributed by atoms with Crippen LogP contribution in [0.5, 0.6) is 0 Å². The molecule has 1 aliphatic heterocycles. The van der Waals surface area contributed by atoms with Crippen molar-refractivity contribution in [3.8, 4) is 0 Å². The number of rotatable bonds is 6. The molecule has 0 bridgehead atoms. The van der Waals surface area contributed by atoms with Crippen LogP contribution in [0.4, 0.5) is 0 Å². The molecule has 0 aromatic carbocycles. The van der Waals surface area contributed by atoms with Gasteiger partial charge in [-0.1, -0.05) is 48.5 Å². The highest BCUT2D eigenvalue weighted by atomic mass is 16.6.